The Labute approximate surface area is 113 Å². The van der Waals surface area contributed by atoms with E-state index < -0.39 is 0 Å². The van der Waals surface area contributed by atoms with Crippen molar-refractivity contribution in [3.63, 3.8) is 0 Å². The second-order valence-corrected chi connectivity index (χ2v) is 5.76. The molecule has 0 bridgehead atoms. The molecule has 4 rings (SSSR count). The van der Waals surface area contributed by atoms with E-state index >= 15 is 0 Å². The fraction of sp³-hybridized carbons (Fsp3) is 0.353. The molecule has 19 heavy (non-hydrogen) atoms. The zero-order chi connectivity index (χ0) is 12.9. The number of rotatable bonds is 0. The Balaban J connectivity index is 2.02. The van der Waals surface area contributed by atoms with Crippen molar-refractivity contribution < 1.29 is 0 Å². The Morgan fingerprint density at radius 3 is 3.05 bits per heavy atom. The first-order valence-electron chi connectivity index (χ1n) is 7.11. The van der Waals surface area contributed by atoms with Crippen LogP contribution in [0.25, 0.3) is 0 Å². The van der Waals surface area contributed by atoms with Crippen LogP contribution >= 0.6 is 0 Å². The van der Waals surface area contributed by atoms with Gasteiger partial charge in [-0.3, -0.25) is 0 Å². The Hall–Kier alpha value is -1.83. The second-order valence-electron chi connectivity index (χ2n) is 5.76. The van der Waals surface area contributed by atoms with Crippen LogP contribution in [0.1, 0.15) is 36.1 Å². The summed E-state index contributed by atoms with van der Waals surface area (Å²) in [5.41, 5.74) is 5.54. The average Bonchev–Trinajstić information content (AvgIpc) is 2.93. The average molecular weight is 250 g/mol. The number of allylic oxidation sites excluding steroid dienone is 1. The molecule has 96 valence electrons. The summed E-state index contributed by atoms with van der Waals surface area (Å²) >= 11 is 0. The monoisotopic (exact) mass is 250 g/mol. The van der Waals surface area contributed by atoms with Gasteiger partial charge in [-0.1, -0.05) is 37.3 Å². The van der Waals surface area contributed by atoms with Gasteiger partial charge in [0.05, 0.1) is 11.9 Å². The Bertz CT molecular complexity index is 653. The zero-order valence-electron chi connectivity index (χ0n) is 11.1. The third-order valence-corrected chi connectivity index (χ3v) is 4.80. The van der Waals surface area contributed by atoms with Crippen LogP contribution in [0.2, 0.25) is 0 Å². The lowest BCUT2D eigenvalue weighted by Crippen LogP contribution is -2.33. The lowest BCUT2D eigenvalue weighted by atomic mass is 9.84. The molecule has 0 amide bonds. The van der Waals surface area contributed by atoms with Gasteiger partial charge in [0, 0.05) is 11.9 Å². The number of aryl methyl sites for hydroxylation is 1. The van der Waals surface area contributed by atoms with Gasteiger partial charge in [-0.25, -0.2) is 4.98 Å². The van der Waals surface area contributed by atoms with Gasteiger partial charge < -0.3 is 4.57 Å². The van der Waals surface area contributed by atoms with E-state index in [0.717, 1.165) is 19.3 Å². The first-order valence-corrected chi connectivity index (χ1v) is 7.11. The lowest BCUT2D eigenvalue weighted by molar-refractivity contribution is 0.398. The van der Waals surface area contributed by atoms with Gasteiger partial charge in [0.25, 0.3) is 0 Å². The van der Waals surface area contributed by atoms with Crippen LogP contribution in [0.4, 0.5) is 0 Å². The van der Waals surface area contributed by atoms with Gasteiger partial charge in [-0.15, -0.1) is 0 Å². The van der Waals surface area contributed by atoms with Crippen molar-refractivity contribution in [2.45, 2.75) is 37.6 Å². The third kappa shape index (κ3) is 1.34. The van der Waals surface area contributed by atoms with E-state index in [-0.39, 0.29) is 5.54 Å². The molecule has 0 fully saturated rings. The van der Waals surface area contributed by atoms with E-state index in [9.17, 15) is 0 Å². The van der Waals surface area contributed by atoms with Gasteiger partial charge in [0.15, 0.2) is 0 Å². The maximum Gasteiger partial charge on any atom is 0.0958 e. The minimum atomic E-state index is -0.0288. The van der Waals surface area contributed by atoms with Crippen LogP contribution in [0, 0.1) is 0 Å². The maximum atomic E-state index is 4.42. The molecule has 1 unspecified atom stereocenters. The normalized spacial score (nSPS) is 25.2. The van der Waals surface area contributed by atoms with Crippen LogP contribution in [0.15, 0.2) is 48.9 Å². The van der Waals surface area contributed by atoms with Crippen molar-refractivity contribution in [3.8, 4) is 0 Å². The number of nitrogens with zero attached hydrogens (tertiary/aromatic N) is 2. The minimum Gasteiger partial charge on any atom is -0.321 e. The first kappa shape index (κ1) is 11.0. The van der Waals surface area contributed by atoms with E-state index in [1.165, 1.54) is 35.2 Å². The van der Waals surface area contributed by atoms with E-state index in [2.05, 4.69) is 40.4 Å². The summed E-state index contributed by atoms with van der Waals surface area (Å²) in [5.74, 6) is 0. The Morgan fingerprint density at radius 2 is 2.11 bits per heavy atom. The van der Waals surface area contributed by atoms with E-state index in [4.69, 9.17) is 0 Å². The SMILES string of the molecule is C=C1Cc2ccccc2C12CCCCc1cncn12. The highest BCUT2D eigenvalue weighted by molar-refractivity contribution is 5.51. The number of fused-ring (bicyclic) bond motifs is 4. The van der Waals surface area contributed by atoms with Crippen LogP contribution in [-0.2, 0) is 18.4 Å². The fourth-order valence-electron chi connectivity index (χ4n) is 3.91. The van der Waals surface area contributed by atoms with Crippen molar-refractivity contribution in [1.29, 1.82) is 0 Å². The van der Waals surface area contributed by atoms with Gasteiger partial charge >= 0.3 is 0 Å². The molecule has 2 aliphatic rings. The molecule has 1 aromatic carbocycles. The number of hydrogen-bond acceptors (Lipinski definition) is 1. The summed E-state index contributed by atoms with van der Waals surface area (Å²) < 4.78 is 2.40. The van der Waals surface area contributed by atoms with Crippen molar-refractivity contribution in [3.05, 3.63) is 65.8 Å². The lowest BCUT2D eigenvalue weighted by Gasteiger charge is -2.34. The molecule has 1 aliphatic carbocycles. The summed E-state index contributed by atoms with van der Waals surface area (Å²) in [6.45, 7) is 4.42. The smallest absolute Gasteiger partial charge is 0.0958 e. The van der Waals surface area contributed by atoms with Crippen molar-refractivity contribution in [2.24, 2.45) is 0 Å². The summed E-state index contributed by atoms with van der Waals surface area (Å²) in [6, 6.07) is 8.82. The zero-order valence-corrected chi connectivity index (χ0v) is 11.1. The predicted octanol–water partition coefficient (Wildman–Crippen LogP) is 3.47. The number of aromatic nitrogens is 2. The highest BCUT2D eigenvalue weighted by atomic mass is 15.1. The van der Waals surface area contributed by atoms with E-state index in [0.29, 0.717) is 0 Å². The molecule has 0 N–H and O–H groups in total. The van der Waals surface area contributed by atoms with Crippen LogP contribution in [0.3, 0.4) is 0 Å². The molecule has 2 aromatic rings. The molecule has 0 saturated heterocycles. The highest BCUT2D eigenvalue weighted by Gasteiger charge is 2.44. The van der Waals surface area contributed by atoms with E-state index in [1.807, 2.05) is 12.5 Å². The van der Waals surface area contributed by atoms with Crippen molar-refractivity contribution in [2.75, 3.05) is 0 Å². The molecule has 1 aliphatic heterocycles. The van der Waals surface area contributed by atoms with Crippen molar-refractivity contribution >= 4 is 0 Å². The third-order valence-electron chi connectivity index (χ3n) is 4.80. The number of imidazole rings is 1. The summed E-state index contributed by atoms with van der Waals surface area (Å²) in [7, 11) is 0. The Morgan fingerprint density at radius 1 is 1.21 bits per heavy atom. The van der Waals surface area contributed by atoms with E-state index in [1.54, 1.807) is 0 Å². The molecule has 2 nitrogen and oxygen atoms in total. The van der Waals surface area contributed by atoms with Crippen molar-refractivity contribution in [1.82, 2.24) is 9.55 Å². The standard InChI is InChI=1S/C17H18N2/c1-13-10-14-6-2-3-8-16(14)17(13)9-5-4-7-15-11-18-12-19(15)17/h2-3,6,8,11-12H,1,4-5,7,9-10H2. The summed E-state index contributed by atoms with van der Waals surface area (Å²) in [6.07, 6.45) is 9.85. The second kappa shape index (κ2) is 3.83. The summed E-state index contributed by atoms with van der Waals surface area (Å²) in [4.78, 5) is 4.39. The quantitative estimate of drug-likeness (QED) is 0.655. The number of benzene rings is 1. The largest absolute Gasteiger partial charge is 0.321 e. The first-order chi connectivity index (χ1) is 9.32. The molecule has 1 aromatic heterocycles. The molecule has 1 spiro atoms. The predicted molar refractivity (Wildman–Crippen MR) is 76.1 cm³/mol. The molecular weight excluding hydrogens is 232 g/mol. The van der Waals surface area contributed by atoms with Gasteiger partial charge in [0.2, 0.25) is 0 Å². The van der Waals surface area contributed by atoms with Gasteiger partial charge in [0.1, 0.15) is 0 Å². The fourth-order valence-corrected chi connectivity index (χ4v) is 3.91. The number of hydrogen-bond donors (Lipinski definition) is 0. The van der Waals surface area contributed by atoms with Crippen LogP contribution in [0.5, 0.6) is 0 Å². The molecule has 2 heterocycles. The molecular formula is C17H18N2. The molecule has 0 radical (unpaired) electrons. The van der Waals surface area contributed by atoms with Crippen LogP contribution in [-0.4, -0.2) is 9.55 Å². The molecule has 1 atom stereocenters. The topological polar surface area (TPSA) is 17.8 Å². The summed E-state index contributed by atoms with van der Waals surface area (Å²) in [5, 5.41) is 0. The minimum absolute atomic E-state index is 0.0288. The van der Waals surface area contributed by atoms with Gasteiger partial charge in [-0.2, -0.15) is 0 Å². The highest BCUT2D eigenvalue weighted by Crippen LogP contribution is 2.48. The molecule has 0 saturated carbocycles. The van der Waals surface area contributed by atoms with Gasteiger partial charge in [-0.05, 0) is 42.4 Å². The maximum absolute atomic E-state index is 4.42. The van der Waals surface area contributed by atoms with Crippen LogP contribution < -0.4 is 0 Å². The molecule has 2 heteroatoms. The Kier molecular flexibility index (Phi) is 2.22.